The van der Waals surface area contributed by atoms with E-state index in [0.29, 0.717) is 18.7 Å². The fourth-order valence-electron chi connectivity index (χ4n) is 2.76. The lowest BCUT2D eigenvalue weighted by Gasteiger charge is -2.26. The highest BCUT2D eigenvalue weighted by molar-refractivity contribution is 5.83. The van der Waals surface area contributed by atoms with E-state index in [1.807, 2.05) is 19.1 Å². The van der Waals surface area contributed by atoms with Gasteiger partial charge in [-0.3, -0.25) is 0 Å². The molecule has 1 aliphatic rings. The van der Waals surface area contributed by atoms with Crippen molar-refractivity contribution in [2.75, 3.05) is 5.32 Å². The van der Waals surface area contributed by atoms with Gasteiger partial charge in [-0.05, 0) is 37.5 Å². The number of anilines is 1. The number of aliphatic carboxylic acids is 1. The quantitative estimate of drug-likeness (QED) is 0.880. The number of carboxylic acids is 1. The molecule has 6 heteroatoms. The number of rotatable bonds is 3. The molecule has 0 aliphatic heterocycles. The maximum atomic E-state index is 11.6. The van der Waals surface area contributed by atoms with E-state index in [0.717, 1.165) is 24.1 Å². The second-order valence-corrected chi connectivity index (χ2v) is 5.17. The van der Waals surface area contributed by atoms with Gasteiger partial charge in [0.05, 0.1) is 0 Å². The van der Waals surface area contributed by atoms with Gasteiger partial charge in [0.1, 0.15) is 17.7 Å². The van der Waals surface area contributed by atoms with Crippen molar-refractivity contribution < 1.29 is 9.90 Å². The maximum absolute atomic E-state index is 11.6. The summed E-state index contributed by atoms with van der Waals surface area (Å²) in [5, 5.41) is 16.8. The van der Waals surface area contributed by atoms with Gasteiger partial charge in [-0.15, -0.1) is 0 Å². The van der Waals surface area contributed by atoms with E-state index in [1.54, 1.807) is 4.52 Å². The van der Waals surface area contributed by atoms with Crippen molar-refractivity contribution in [2.24, 2.45) is 0 Å². The number of carbonyl (C=O) groups is 1. The highest BCUT2D eigenvalue weighted by Crippen LogP contribution is 2.33. The Labute approximate surface area is 110 Å². The summed E-state index contributed by atoms with van der Waals surface area (Å²) in [5.74, 6) is -0.100. The lowest BCUT2D eigenvalue weighted by Crippen LogP contribution is -2.44. The number of hydrogen-bond acceptors (Lipinski definition) is 4. The van der Waals surface area contributed by atoms with E-state index in [4.69, 9.17) is 0 Å². The average molecular weight is 260 g/mol. The first-order valence-electron chi connectivity index (χ1n) is 6.43. The molecule has 2 N–H and O–H groups in total. The molecule has 0 aromatic carbocycles. The third kappa shape index (κ3) is 1.93. The number of hydrogen-bond donors (Lipinski definition) is 2. The van der Waals surface area contributed by atoms with Gasteiger partial charge in [-0.1, -0.05) is 12.8 Å². The van der Waals surface area contributed by atoms with Gasteiger partial charge in [0.15, 0.2) is 5.65 Å². The van der Waals surface area contributed by atoms with E-state index in [-0.39, 0.29) is 0 Å². The molecule has 1 fully saturated rings. The smallest absolute Gasteiger partial charge is 0.329 e. The molecule has 3 rings (SSSR count). The van der Waals surface area contributed by atoms with Crippen molar-refractivity contribution in [1.82, 2.24) is 14.6 Å². The van der Waals surface area contributed by atoms with Crippen LogP contribution >= 0.6 is 0 Å². The fourth-order valence-corrected chi connectivity index (χ4v) is 2.76. The van der Waals surface area contributed by atoms with E-state index < -0.39 is 11.5 Å². The highest BCUT2D eigenvalue weighted by Gasteiger charge is 2.41. The first kappa shape index (κ1) is 12.0. The van der Waals surface area contributed by atoms with Crippen LogP contribution in [0.2, 0.25) is 0 Å². The molecule has 1 saturated carbocycles. The Morgan fingerprint density at radius 3 is 2.84 bits per heavy atom. The summed E-state index contributed by atoms with van der Waals surface area (Å²) < 4.78 is 1.65. The largest absolute Gasteiger partial charge is 0.480 e. The van der Waals surface area contributed by atoms with Crippen LogP contribution in [0.4, 0.5) is 5.82 Å². The Balaban J connectivity index is 2.04. The van der Waals surface area contributed by atoms with E-state index >= 15 is 0 Å². The molecular weight excluding hydrogens is 244 g/mol. The van der Waals surface area contributed by atoms with Crippen LogP contribution in [-0.2, 0) is 4.79 Å². The van der Waals surface area contributed by atoms with Gasteiger partial charge < -0.3 is 10.4 Å². The van der Waals surface area contributed by atoms with Gasteiger partial charge in [0.25, 0.3) is 0 Å². The zero-order valence-electron chi connectivity index (χ0n) is 10.8. The molecule has 2 aromatic heterocycles. The minimum absolute atomic E-state index is 0.645. The molecule has 2 aromatic rings. The number of nitrogens with one attached hydrogen (secondary N) is 1. The van der Waals surface area contributed by atoms with Crippen LogP contribution in [0.5, 0.6) is 0 Å². The van der Waals surface area contributed by atoms with Crippen LogP contribution < -0.4 is 5.32 Å². The Morgan fingerprint density at radius 1 is 1.42 bits per heavy atom. The lowest BCUT2D eigenvalue weighted by molar-refractivity contribution is -0.142. The van der Waals surface area contributed by atoms with Crippen molar-refractivity contribution >= 4 is 17.4 Å². The monoisotopic (exact) mass is 260 g/mol. The molecule has 0 atom stereocenters. The molecule has 0 radical (unpaired) electrons. The molecule has 0 amide bonds. The fraction of sp³-hybridized carbons (Fsp3) is 0.462. The van der Waals surface area contributed by atoms with Crippen LogP contribution in [0.25, 0.3) is 5.65 Å². The Bertz CT molecular complexity index is 629. The van der Waals surface area contributed by atoms with Crippen molar-refractivity contribution in [3.63, 3.8) is 0 Å². The Morgan fingerprint density at radius 2 is 2.16 bits per heavy atom. The molecule has 6 nitrogen and oxygen atoms in total. The number of aryl methyl sites for hydroxylation is 1. The van der Waals surface area contributed by atoms with Crippen molar-refractivity contribution in [3.05, 3.63) is 24.0 Å². The summed E-state index contributed by atoms with van der Waals surface area (Å²) in [6.45, 7) is 1.96. The second kappa shape index (κ2) is 4.22. The summed E-state index contributed by atoms with van der Waals surface area (Å²) in [7, 11) is 0. The number of carboxylic acid groups (broad SMARTS) is 1. The van der Waals surface area contributed by atoms with Gasteiger partial charge in [-0.25, -0.2) is 9.78 Å². The van der Waals surface area contributed by atoms with Crippen molar-refractivity contribution in [2.45, 2.75) is 38.1 Å². The van der Waals surface area contributed by atoms with Gasteiger partial charge in [-0.2, -0.15) is 9.61 Å². The molecule has 100 valence electrons. The summed E-state index contributed by atoms with van der Waals surface area (Å²) in [5.41, 5.74) is 0.884. The SMILES string of the molecule is Cc1cc(NC2(C(=O)O)CCCC2)n2ncnc2c1. The molecule has 2 heterocycles. The number of aromatic nitrogens is 3. The summed E-state index contributed by atoms with van der Waals surface area (Å²) >= 11 is 0. The van der Waals surface area contributed by atoms with Crippen LogP contribution in [0.15, 0.2) is 18.5 Å². The summed E-state index contributed by atoms with van der Waals surface area (Å²) in [6.07, 6.45) is 4.64. The van der Waals surface area contributed by atoms with E-state index in [1.165, 1.54) is 6.33 Å². The molecular formula is C13H16N4O2. The first-order valence-corrected chi connectivity index (χ1v) is 6.43. The zero-order chi connectivity index (χ0) is 13.5. The number of pyridine rings is 1. The molecule has 0 spiro atoms. The standard InChI is InChI=1S/C13H16N4O2/c1-9-6-10-14-8-15-17(10)11(7-9)16-13(12(18)19)4-2-3-5-13/h6-8,16H,2-5H2,1H3,(H,18,19). The van der Waals surface area contributed by atoms with Crippen LogP contribution in [0.3, 0.4) is 0 Å². The molecule has 0 unspecified atom stereocenters. The van der Waals surface area contributed by atoms with Crippen LogP contribution in [-0.4, -0.2) is 31.2 Å². The lowest BCUT2D eigenvalue weighted by atomic mass is 9.98. The average Bonchev–Trinajstić information content (AvgIpc) is 2.97. The van der Waals surface area contributed by atoms with Gasteiger partial charge in [0.2, 0.25) is 0 Å². The van der Waals surface area contributed by atoms with Crippen LogP contribution in [0.1, 0.15) is 31.2 Å². The minimum atomic E-state index is -0.868. The zero-order valence-corrected chi connectivity index (χ0v) is 10.8. The predicted molar refractivity (Wildman–Crippen MR) is 70.2 cm³/mol. The number of fused-ring (bicyclic) bond motifs is 1. The van der Waals surface area contributed by atoms with E-state index in [2.05, 4.69) is 15.4 Å². The first-order chi connectivity index (χ1) is 9.11. The molecule has 19 heavy (non-hydrogen) atoms. The Kier molecular flexibility index (Phi) is 2.66. The molecule has 0 saturated heterocycles. The van der Waals surface area contributed by atoms with Gasteiger partial charge in [0, 0.05) is 0 Å². The maximum Gasteiger partial charge on any atom is 0.329 e. The topological polar surface area (TPSA) is 79.5 Å². The van der Waals surface area contributed by atoms with Crippen molar-refractivity contribution in [1.29, 1.82) is 0 Å². The minimum Gasteiger partial charge on any atom is -0.480 e. The van der Waals surface area contributed by atoms with Gasteiger partial charge >= 0.3 is 5.97 Å². The summed E-state index contributed by atoms with van der Waals surface area (Å²) in [4.78, 5) is 15.7. The third-order valence-corrected chi connectivity index (χ3v) is 3.76. The third-order valence-electron chi connectivity index (χ3n) is 3.76. The predicted octanol–water partition coefficient (Wildman–Crippen LogP) is 1.85. The molecule has 1 aliphatic carbocycles. The second-order valence-electron chi connectivity index (χ2n) is 5.17. The highest BCUT2D eigenvalue weighted by atomic mass is 16.4. The number of nitrogens with zero attached hydrogens (tertiary/aromatic N) is 3. The van der Waals surface area contributed by atoms with Crippen molar-refractivity contribution in [3.8, 4) is 0 Å². The summed E-state index contributed by atoms with van der Waals surface area (Å²) in [6, 6.07) is 3.82. The normalized spacial score (nSPS) is 17.7. The Hall–Kier alpha value is -2.11. The van der Waals surface area contributed by atoms with E-state index in [9.17, 15) is 9.90 Å². The van der Waals surface area contributed by atoms with Crippen LogP contribution in [0, 0.1) is 6.92 Å². The molecule has 0 bridgehead atoms.